The lowest BCUT2D eigenvalue weighted by Gasteiger charge is -2.36. The van der Waals surface area contributed by atoms with Gasteiger partial charge in [-0.1, -0.05) is 41.9 Å². The number of aromatic nitrogens is 1. The Balaban J connectivity index is 1.35. The molecule has 1 saturated heterocycles. The number of piperazine rings is 1. The summed E-state index contributed by atoms with van der Waals surface area (Å²) >= 11 is 5.93. The fourth-order valence-electron chi connectivity index (χ4n) is 3.61. The molecule has 0 N–H and O–H groups in total. The molecule has 2 aromatic heterocycles. The van der Waals surface area contributed by atoms with Crippen LogP contribution in [0.3, 0.4) is 0 Å². The molecule has 0 saturated carbocycles. The second-order valence-corrected chi connectivity index (χ2v) is 7.85. The van der Waals surface area contributed by atoms with Crippen LogP contribution in [0.15, 0.2) is 71.5 Å². The Labute approximate surface area is 181 Å². The molecule has 1 fully saturated rings. The van der Waals surface area contributed by atoms with E-state index in [4.69, 9.17) is 16.0 Å². The number of halogens is 1. The van der Waals surface area contributed by atoms with E-state index in [9.17, 15) is 4.79 Å². The van der Waals surface area contributed by atoms with Crippen molar-refractivity contribution in [3.63, 3.8) is 0 Å². The molecule has 0 unspecified atom stereocenters. The highest BCUT2D eigenvalue weighted by Gasteiger charge is 2.23. The number of hydrogen-bond acceptors (Lipinski definition) is 5. The highest BCUT2D eigenvalue weighted by Crippen LogP contribution is 2.17. The molecule has 0 aliphatic carbocycles. The number of rotatable bonds is 7. The summed E-state index contributed by atoms with van der Waals surface area (Å²) in [6.45, 7) is 4.73. The summed E-state index contributed by atoms with van der Waals surface area (Å²) in [5.74, 6) is 1.82. The first-order chi connectivity index (χ1) is 14.7. The van der Waals surface area contributed by atoms with Gasteiger partial charge < -0.3 is 14.2 Å². The van der Waals surface area contributed by atoms with E-state index in [2.05, 4.69) is 14.8 Å². The van der Waals surface area contributed by atoms with Gasteiger partial charge in [0.05, 0.1) is 24.4 Å². The van der Waals surface area contributed by atoms with Crippen molar-refractivity contribution in [3.8, 4) is 0 Å². The van der Waals surface area contributed by atoms with Crippen LogP contribution in [0.2, 0.25) is 5.02 Å². The number of amides is 1. The van der Waals surface area contributed by atoms with E-state index in [1.807, 2.05) is 59.5 Å². The van der Waals surface area contributed by atoms with Crippen molar-refractivity contribution < 1.29 is 9.21 Å². The number of furan rings is 1. The third-order valence-electron chi connectivity index (χ3n) is 5.26. The quantitative estimate of drug-likeness (QED) is 0.579. The second kappa shape index (κ2) is 9.78. The van der Waals surface area contributed by atoms with Crippen LogP contribution in [-0.2, 0) is 17.9 Å². The molecule has 1 amide bonds. The van der Waals surface area contributed by atoms with Crippen molar-refractivity contribution >= 4 is 23.3 Å². The molecule has 0 radical (unpaired) electrons. The van der Waals surface area contributed by atoms with Crippen LogP contribution in [-0.4, -0.2) is 53.4 Å². The summed E-state index contributed by atoms with van der Waals surface area (Å²) in [6, 6.07) is 17.6. The molecule has 0 bridgehead atoms. The van der Waals surface area contributed by atoms with Gasteiger partial charge in [0.25, 0.3) is 0 Å². The van der Waals surface area contributed by atoms with Gasteiger partial charge in [0.15, 0.2) is 0 Å². The number of nitrogens with zero attached hydrogens (tertiary/aromatic N) is 4. The summed E-state index contributed by atoms with van der Waals surface area (Å²) in [7, 11) is 0. The Kier molecular flexibility index (Phi) is 6.67. The van der Waals surface area contributed by atoms with Gasteiger partial charge in [-0.15, -0.1) is 0 Å². The first-order valence-electron chi connectivity index (χ1n) is 10.1. The van der Waals surface area contributed by atoms with E-state index >= 15 is 0 Å². The second-order valence-electron chi connectivity index (χ2n) is 7.41. The van der Waals surface area contributed by atoms with Crippen LogP contribution in [0.4, 0.5) is 5.82 Å². The van der Waals surface area contributed by atoms with Gasteiger partial charge in [-0.2, -0.15) is 0 Å². The Hall–Kier alpha value is -2.83. The third kappa shape index (κ3) is 5.40. The number of carbonyl (C=O) groups excluding carboxylic acids is 1. The normalized spacial score (nSPS) is 14.6. The molecule has 1 aliphatic rings. The standard InChI is InChI=1S/C23H25ClN4O2/c24-20-8-9-22(25-15-20)27-12-10-26(11-13-27)18-23(29)28(17-21-7-4-14-30-21)16-19-5-2-1-3-6-19/h1-9,14-15H,10-13,16-18H2. The van der Waals surface area contributed by atoms with Crippen molar-refractivity contribution in [1.29, 1.82) is 0 Å². The lowest BCUT2D eigenvalue weighted by Crippen LogP contribution is -2.50. The Bertz CT molecular complexity index is 924. The number of hydrogen-bond donors (Lipinski definition) is 0. The average Bonchev–Trinajstić information content (AvgIpc) is 3.28. The van der Waals surface area contributed by atoms with Gasteiger partial charge in [0, 0.05) is 38.9 Å². The molecule has 30 heavy (non-hydrogen) atoms. The highest BCUT2D eigenvalue weighted by atomic mass is 35.5. The maximum atomic E-state index is 13.1. The van der Waals surface area contributed by atoms with Crippen LogP contribution in [0.25, 0.3) is 0 Å². The fourth-order valence-corrected chi connectivity index (χ4v) is 3.72. The van der Waals surface area contributed by atoms with E-state index in [1.165, 1.54) is 0 Å². The zero-order valence-corrected chi connectivity index (χ0v) is 17.5. The maximum Gasteiger partial charge on any atom is 0.237 e. The first-order valence-corrected chi connectivity index (χ1v) is 10.5. The Morgan fingerprint density at radius 1 is 1.00 bits per heavy atom. The van der Waals surface area contributed by atoms with Crippen LogP contribution < -0.4 is 4.90 Å². The minimum Gasteiger partial charge on any atom is -0.467 e. The van der Waals surface area contributed by atoms with Gasteiger partial charge in [-0.25, -0.2) is 4.98 Å². The summed E-state index contributed by atoms with van der Waals surface area (Å²) in [4.78, 5) is 23.8. The van der Waals surface area contributed by atoms with E-state index in [-0.39, 0.29) is 5.91 Å². The minimum atomic E-state index is 0.105. The Morgan fingerprint density at radius 2 is 1.80 bits per heavy atom. The average molecular weight is 425 g/mol. The monoisotopic (exact) mass is 424 g/mol. The first kappa shape index (κ1) is 20.4. The number of pyridine rings is 1. The zero-order chi connectivity index (χ0) is 20.8. The SMILES string of the molecule is O=C(CN1CCN(c2ccc(Cl)cn2)CC1)N(Cc1ccccc1)Cc1ccco1. The fraction of sp³-hybridized carbons (Fsp3) is 0.304. The maximum absolute atomic E-state index is 13.1. The molecular formula is C23H25ClN4O2. The molecule has 3 aromatic rings. The number of benzene rings is 1. The van der Waals surface area contributed by atoms with E-state index in [0.717, 1.165) is 43.3 Å². The Morgan fingerprint density at radius 3 is 2.47 bits per heavy atom. The summed E-state index contributed by atoms with van der Waals surface area (Å²) in [5, 5.41) is 0.637. The minimum absolute atomic E-state index is 0.105. The summed E-state index contributed by atoms with van der Waals surface area (Å²) in [5.41, 5.74) is 1.11. The molecule has 7 heteroatoms. The molecule has 0 spiro atoms. The van der Waals surface area contributed by atoms with Crippen LogP contribution in [0, 0.1) is 0 Å². The highest BCUT2D eigenvalue weighted by molar-refractivity contribution is 6.30. The van der Waals surface area contributed by atoms with Crippen molar-refractivity contribution in [3.05, 3.63) is 83.4 Å². The summed E-state index contributed by atoms with van der Waals surface area (Å²) in [6.07, 6.45) is 3.31. The van der Waals surface area contributed by atoms with Gasteiger partial charge in [0.2, 0.25) is 5.91 Å². The molecular weight excluding hydrogens is 400 g/mol. The smallest absolute Gasteiger partial charge is 0.237 e. The van der Waals surface area contributed by atoms with E-state index in [1.54, 1.807) is 12.5 Å². The van der Waals surface area contributed by atoms with Gasteiger partial charge in [-0.3, -0.25) is 9.69 Å². The van der Waals surface area contributed by atoms with Crippen LogP contribution in [0.1, 0.15) is 11.3 Å². The number of carbonyl (C=O) groups is 1. The van der Waals surface area contributed by atoms with Crippen LogP contribution >= 0.6 is 11.6 Å². The van der Waals surface area contributed by atoms with E-state index in [0.29, 0.717) is 24.7 Å². The predicted octanol–water partition coefficient (Wildman–Crippen LogP) is 3.68. The molecule has 156 valence electrons. The van der Waals surface area contributed by atoms with Gasteiger partial charge >= 0.3 is 0 Å². The topological polar surface area (TPSA) is 52.8 Å². The van der Waals surface area contributed by atoms with Crippen molar-refractivity contribution in [2.45, 2.75) is 13.1 Å². The van der Waals surface area contributed by atoms with Crippen molar-refractivity contribution in [2.24, 2.45) is 0 Å². The molecule has 1 aromatic carbocycles. The lowest BCUT2D eigenvalue weighted by atomic mass is 10.2. The van der Waals surface area contributed by atoms with Crippen molar-refractivity contribution in [1.82, 2.24) is 14.8 Å². The molecule has 0 atom stereocenters. The largest absolute Gasteiger partial charge is 0.467 e. The third-order valence-corrected chi connectivity index (χ3v) is 5.49. The van der Waals surface area contributed by atoms with E-state index < -0.39 is 0 Å². The molecule has 3 heterocycles. The summed E-state index contributed by atoms with van der Waals surface area (Å²) < 4.78 is 5.48. The predicted molar refractivity (Wildman–Crippen MR) is 117 cm³/mol. The number of anilines is 1. The van der Waals surface area contributed by atoms with Gasteiger partial charge in [-0.05, 0) is 29.8 Å². The van der Waals surface area contributed by atoms with Crippen molar-refractivity contribution in [2.75, 3.05) is 37.6 Å². The molecule has 1 aliphatic heterocycles. The van der Waals surface area contributed by atoms with Gasteiger partial charge in [0.1, 0.15) is 11.6 Å². The molecule has 4 rings (SSSR count). The molecule has 6 nitrogen and oxygen atoms in total. The zero-order valence-electron chi connectivity index (χ0n) is 16.8. The lowest BCUT2D eigenvalue weighted by molar-refractivity contribution is -0.134. The van der Waals surface area contributed by atoms with Crippen LogP contribution in [0.5, 0.6) is 0 Å².